The molecule has 1 rings (SSSR count). The second-order valence-electron chi connectivity index (χ2n) is 3.18. The van der Waals surface area contributed by atoms with Crippen molar-refractivity contribution < 1.29 is 13.2 Å². The molecule has 0 radical (unpaired) electrons. The van der Waals surface area contributed by atoms with Gasteiger partial charge in [-0.15, -0.1) is 0 Å². The van der Waals surface area contributed by atoms with Crippen LogP contribution >= 0.6 is 11.8 Å². The summed E-state index contributed by atoms with van der Waals surface area (Å²) in [5, 5.41) is 0. The van der Waals surface area contributed by atoms with E-state index in [9.17, 15) is 13.2 Å². The maximum Gasteiger partial charge on any atom is 0.390 e. The van der Waals surface area contributed by atoms with Crippen LogP contribution in [0.4, 0.5) is 13.2 Å². The highest BCUT2D eigenvalue weighted by Gasteiger charge is 2.29. The van der Waals surface area contributed by atoms with Crippen LogP contribution in [0.5, 0.6) is 0 Å². The predicted molar refractivity (Wildman–Crippen MR) is 40.8 cm³/mol. The standard InChI is InChI=1S/C7H11ClF3N/c8-12(5-6-1-2-6)4-3-7(9,10)11/h6H,1-5H2. The largest absolute Gasteiger partial charge is 0.390 e. The second kappa shape index (κ2) is 3.83. The molecule has 0 spiro atoms. The smallest absolute Gasteiger partial charge is 0.220 e. The normalized spacial score (nSPS) is 18.8. The minimum Gasteiger partial charge on any atom is -0.220 e. The Bertz CT molecular complexity index is 144. The van der Waals surface area contributed by atoms with Crippen LogP contribution in [0.3, 0.4) is 0 Å². The van der Waals surface area contributed by atoms with Crippen molar-refractivity contribution >= 4 is 11.8 Å². The molecule has 0 unspecified atom stereocenters. The number of nitrogens with zero attached hydrogens (tertiary/aromatic N) is 1. The lowest BCUT2D eigenvalue weighted by molar-refractivity contribution is -0.135. The number of hydrogen-bond acceptors (Lipinski definition) is 1. The van der Waals surface area contributed by atoms with Crippen molar-refractivity contribution in [2.24, 2.45) is 5.92 Å². The lowest BCUT2D eigenvalue weighted by Gasteiger charge is -2.13. The quantitative estimate of drug-likeness (QED) is 0.633. The zero-order valence-corrected chi connectivity index (χ0v) is 7.33. The molecule has 0 aliphatic heterocycles. The topological polar surface area (TPSA) is 3.24 Å². The average Bonchev–Trinajstić information content (AvgIpc) is 2.66. The Labute approximate surface area is 74.6 Å². The zero-order chi connectivity index (χ0) is 9.19. The molecule has 0 aromatic carbocycles. The first-order chi connectivity index (χ1) is 5.47. The number of alkyl halides is 3. The highest BCUT2D eigenvalue weighted by molar-refractivity contribution is 6.13. The summed E-state index contributed by atoms with van der Waals surface area (Å²) in [6.45, 7) is 0.499. The molecule has 0 aromatic heterocycles. The molecule has 1 fully saturated rings. The molecule has 0 heterocycles. The SMILES string of the molecule is FC(F)(F)CCN(Cl)CC1CC1. The lowest BCUT2D eigenvalue weighted by Crippen LogP contribution is -2.22. The molecule has 1 saturated carbocycles. The molecule has 1 aliphatic carbocycles. The molecule has 0 aromatic rings. The van der Waals surface area contributed by atoms with Crippen LogP contribution in [0.15, 0.2) is 0 Å². The molecule has 0 N–H and O–H groups in total. The van der Waals surface area contributed by atoms with Gasteiger partial charge in [0.15, 0.2) is 0 Å². The van der Waals surface area contributed by atoms with Gasteiger partial charge in [-0.25, -0.2) is 4.42 Å². The van der Waals surface area contributed by atoms with Gasteiger partial charge >= 0.3 is 6.18 Å². The van der Waals surface area contributed by atoms with Gasteiger partial charge in [0.05, 0.1) is 6.42 Å². The van der Waals surface area contributed by atoms with Gasteiger partial charge in [-0.3, -0.25) is 0 Å². The molecule has 1 aliphatic rings. The fraction of sp³-hybridized carbons (Fsp3) is 1.00. The number of rotatable bonds is 4. The minimum atomic E-state index is -4.09. The maximum absolute atomic E-state index is 11.7. The summed E-state index contributed by atoms with van der Waals surface area (Å²) in [5.74, 6) is 0.538. The third kappa shape index (κ3) is 4.83. The summed E-state index contributed by atoms with van der Waals surface area (Å²) in [6, 6.07) is 0. The fourth-order valence-corrected chi connectivity index (χ4v) is 1.20. The zero-order valence-electron chi connectivity index (χ0n) is 6.57. The van der Waals surface area contributed by atoms with E-state index >= 15 is 0 Å². The van der Waals surface area contributed by atoms with Crippen molar-refractivity contribution in [1.29, 1.82) is 0 Å². The van der Waals surface area contributed by atoms with E-state index < -0.39 is 12.6 Å². The highest BCUT2D eigenvalue weighted by Crippen LogP contribution is 2.30. The Hall–Kier alpha value is 0.0400. The van der Waals surface area contributed by atoms with E-state index in [0.717, 1.165) is 12.8 Å². The summed E-state index contributed by atoms with van der Waals surface area (Å²) < 4.78 is 36.3. The molecule has 12 heavy (non-hydrogen) atoms. The van der Waals surface area contributed by atoms with Crippen LogP contribution < -0.4 is 0 Å². The Morgan fingerprint density at radius 1 is 1.33 bits per heavy atom. The van der Waals surface area contributed by atoms with Crippen molar-refractivity contribution in [3.05, 3.63) is 0 Å². The Balaban J connectivity index is 2.04. The van der Waals surface area contributed by atoms with Gasteiger partial charge in [-0.2, -0.15) is 13.2 Å². The van der Waals surface area contributed by atoms with Gasteiger partial charge in [-0.1, -0.05) is 0 Å². The Morgan fingerprint density at radius 2 is 1.92 bits per heavy atom. The summed E-state index contributed by atoms with van der Waals surface area (Å²) in [6.07, 6.45) is -2.69. The van der Waals surface area contributed by atoms with Crippen LogP contribution in [0, 0.1) is 5.92 Å². The molecule has 0 atom stereocenters. The van der Waals surface area contributed by atoms with E-state index in [-0.39, 0.29) is 6.54 Å². The highest BCUT2D eigenvalue weighted by atomic mass is 35.5. The van der Waals surface area contributed by atoms with Crippen molar-refractivity contribution in [3.8, 4) is 0 Å². The van der Waals surface area contributed by atoms with Crippen LogP contribution in [-0.2, 0) is 0 Å². The first kappa shape index (κ1) is 10.1. The average molecular weight is 202 g/mol. The number of halogens is 4. The maximum atomic E-state index is 11.7. The van der Waals surface area contributed by atoms with Crippen LogP contribution in [0.1, 0.15) is 19.3 Å². The predicted octanol–water partition coefficient (Wildman–Crippen LogP) is 2.80. The van der Waals surface area contributed by atoms with E-state index in [1.807, 2.05) is 0 Å². The molecule has 0 bridgehead atoms. The minimum absolute atomic E-state index is 0.0957. The molecule has 72 valence electrons. The number of hydrogen-bond donors (Lipinski definition) is 0. The second-order valence-corrected chi connectivity index (χ2v) is 3.66. The monoisotopic (exact) mass is 201 g/mol. The van der Waals surface area contributed by atoms with E-state index in [4.69, 9.17) is 11.8 Å². The molecule has 1 nitrogen and oxygen atoms in total. The summed E-state index contributed by atoms with van der Waals surface area (Å²) in [4.78, 5) is 0. The van der Waals surface area contributed by atoms with E-state index in [1.165, 1.54) is 4.42 Å². The van der Waals surface area contributed by atoms with Crippen LogP contribution in [0.25, 0.3) is 0 Å². The molecule has 5 heteroatoms. The summed E-state index contributed by atoms with van der Waals surface area (Å²) in [7, 11) is 0. The lowest BCUT2D eigenvalue weighted by atomic mass is 10.4. The van der Waals surface area contributed by atoms with Gasteiger partial charge in [0, 0.05) is 13.1 Å². The van der Waals surface area contributed by atoms with Gasteiger partial charge in [0.1, 0.15) is 0 Å². The summed E-state index contributed by atoms with van der Waals surface area (Å²) in [5.41, 5.74) is 0. The van der Waals surface area contributed by atoms with Crippen molar-refractivity contribution in [3.63, 3.8) is 0 Å². The van der Waals surface area contributed by atoms with Crippen molar-refractivity contribution in [1.82, 2.24) is 4.42 Å². The van der Waals surface area contributed by atoms with Gasteiger partial charge in [-0.05, 0) is 30.5 Å². The van der Waals surface area contributed by atoms with Crippen molar-refractivity contribution in [2.75, 3.05) is 13.1 Å². The van der Waals surface area contributed by atoms with E-state index in [2.05, 4.69) is 0 Å². The first-order valence-electron chi connectivity index (χ1n) is 3.95. The Kier molecular flexibility index (Phi) is 3.23. The van der Waals surface area contributed by atoms with E-state index in [0.29, 0.717) is 12.5 Å². The van der Waals surface area contributed by atoms with Gasteiger partial charge < -0.3 is 0 Å². The molecule has 0 amide bonds. The third-order valence-electron chi connectivity index (χ3n) is 1.79. The summed E-state index contributed by atoms with van der Waals surface area (Å²) >= 11 is 5.56. The molecular formula is C7H11ClF3N. The van der Waals surface area contributed by atoms with Crippen LogP contribution in [0.2, 0.25) is 0 Å². The fourth-order valence-electron chi connectivity index (χ4n) is 0.920. The van der Waals surface area contributed by atoms with Crippen LogP contribution in [-0.4, -0.2) is 23.7 Å². The molecule has 0 saturated heterocycles. The molecular weight excluding hydrogens is 191 g/mol. The van der Waals surface area contributed by atoms with Crippen molar-refractivity contribution in [2.45, 2.75) is 25.4 Å². The Morgan fingerprint density at radius 3 is 2.33 bits per heavy atom. The third-order valence-corrected chi connectivity index (χ3v) is 2.10. The van der Waals surface area contributed by atoms with E-state index in [1.54, 1.807) is 0 Å². The van der Waals surface area contributed by atoms with Gasteiger partial charge in [0.2, 0.25) is 0 Å². The first-order valence-corrected chi connectivity index (χ1v) is 4.28. The van der Waals surface area contributed by atoms with Gasteiger partial charge in [0.25, 0.3) is 0 Å².